The third-order valence-electron chi connectivity index (χ3n) is 4.11. The number of carbonyl (C=O) groups is 1. The molecule has 1 amide bonds. The van der Waals surface area contributed by atoms with Crippen LogP contribution in [-0.4, -0.2) is 35.4 Å². The summed E-state index contributed by atoms with van der Waals surface area (Å²) in [5, 5.41) is 12.5. The van der Waals surface area contributed by atoms with Gasteiger partial charge in [-0.1, -0.05) is 12.8 Å². The quantitative estimate of drug-likeness (QED) is 0.804. The van der Waals surface area contributed by atoms with Gasteiger partial charge in [-0.15, -0.1) is 0 Å². The van der Waals surface area contributed by atoms with Gasteiger partial charge in [0.15, 0.2) is 0 Å². The zero-order chi connectivity index (χ0) is 13.0. The molecule has 0 bridgehead atoms. The van der Waals surface area contributed by atoms with E-state index in [0.717, 1.165) is 38.5 Å². The Hall–Kier alpha value is -0.610. The second-order valence-corrected chi connectivity index (χ2v) is 5.70. The molecule has 104 valence electrons. The Morgan fingerprint density at radius 1 is 1.17 bits per heavy atom. The van der Waals surface area contributed by atoms with Gasteiger partial charge >= 0.3 is 0 Å². The molecule has 0 aromatic carbocycles. The molecule has 18 heavy (non-hydrogen) atoms. The second kappa shape index (κ2) is 6.53. The van der Waals surface area contributed by atoms with Gasteiger partial charge in [-0.05, 0) is 45.4 Å². The van der Waals surface area contributed by atoms with E-state index in [4.69, 9.17) is 4.74 Å². The van der Waals surface area contributed by atoms with Crippen molar-refractivity contribution in [2.45, 2.75) is 82.6 Å². The lowest BCUT2D eigenvalue weighted by molar-refractivity contribution is -0.138. The smallest absolute Gasteiger partial charge is 0.249 e. The van der Waals surface area contributed by atoms with E-state index in [1.54, 1.807) is 0 Å². The van der Waals surface area contributed by atoms with E-state index in [1.165, 1.54) is 12.8 Å². The molecule has 1 atom stereocenters. The Labute approximate surface area is 109 Å². The number of hydrogen-bond acceptors (Lipinski definition) is 3. The highest BCUT2D eigenvalue weighted by Gasteiger charge is 2.26. The Balaban J connectivity index is 1.69. The van der Waals surface area contributed by atoms with Gasteiger partial charge < -0.3 is 15.2 Å². The average molecular weight is 255 g/mol. The lowest BCUT2D eigenvalue weighted by Crippen LogP contribution is -2.42. The highest BCUT2D eigenvalue weighted by Crippen LogP contribution is 2.22. The summed E-state index contributed by atoms with van der Waals surface area (Å²) in [6, 6.07) is 0.358. The molecule has 0 heterocycles. The van der Waals surface area contributed by atoms with E-state index in [1.807, 2.05) is 6.92 Å². The summed E-state index contributed by atoms with van der Waals surface area (Å²) in [5.74, 6) is 0.0213. The third-order valence-corrected chi connectivity index (χ3v) is 4.11. The van der Waals surface area contributed by atoms with Gasteiger partial charge in [-0.2, -0.15) is 0 Å². The van der Waals surface area contributed by atoms with Crippen LogP contribution in [0.15, 0.2) is 0 Å². The molecule has 0 radical (unpaired) electrons. The lowest BCUT2D eigenvalue weighted by atomic mass is 9.95. The number of nitrogens with one attached hydrogen (secondary N) is 1. The summed E-state index contributed by atoms with van der Waals surface area (Å²) in [7, 11) is 0. The maximum atomic E-state index is 12.0. The fraction of sp³-hybridized carbons (Fsp3) is 0.929. The van der Waals surface area contributed by atoms with Crippen molar-refractivity contribution < 1.29 is 14.6 Å². The van der Waals surface area contributed by atoms with Gasteiger partial charge in [-0.3, -0.25) is 4.79 Å². The summed E-state index contributed by atoms with van der Waals surface area (Å²) in [6.45, 7) is 1.83. The topological polar surface area (TPSA) is 58.6 Å². The molecule has 2 aliphatic rings. The van der Waals surface area contributed by atoms with Gasteiger partial charge in [0, 0.05) is 6.04 Å². The Kier molecular flexibility index (Phi) is 5.01. The van der Waals surface area contributed by atoms with E-state index in [0.29, 0.717) is 6.04 Å². The first kappa shape index (κ1) is 13.8. The number of ether oxygens (including phenoxy) is 1. The standard InChI is InChI=1S/C14H25NO3/c1-10(14(17)15-11-4-2-3-5-11)18-13-8-6-12(16)7-9-13/h10-13,16H,2-9H2,1H3,(H,15,17). The first-order valence-corrected chi connectivity index (χ1v) is 7.29. The monoisotopic (exact) mass is 255 g/mol. The van der Waals surface area contributed by atoms with Crippen molar-refractivity contribution in [3.63, 3.8) is 0 Å². The minimum absolute atomic E-state index is 0.0213. The van der Waals surface area contributed by atoms with Crippen LogP contribution in [0.4, 0.5) is 0 Å². The number of aliphatic hydroxyl groups is 1. The number of amides is 1. The summed E-state index contributed by atoms with van der Waals surface area (Å²) >= 11 is 0. The van der Waals surface area contributed by atoms with Crippen LogP contribution in [-0.2, 0) is 9.53 Å². The van der Waals surface area contributed by atoms with Crippen LogP contribution in [0.1, 0.15) is 58.3 Å². The highest BCUT2D eigenvalue weighted by atomic mass is 16.5. The molecule has 2 rings (SSSR count). The number of aliphatic hydroxyl groups excluding tert-OH is 1. The van der Waals surface area contributed by atoms with Gasteiger partial charge in [0.25, 0.3) is 0 Å². The van der Waals surface area contributed by atoms with Crippen molar-refractivity contribution in [1.29, 1.82) is 0 Å². The molecule has 0 saturated heterocycles. The fourth-order valence-corrected chi connectivity index (χ4v) is 2.92. The summed E-state index contributed by atoms with van der Waals surface area (Å²) < 4.78 is 5.79. The predicted octanol–water partition coefficient (Wildman–Crippen LogP) is 1.75. The van der Waals surface area contributed by atoms with Crippen molar-refractivity contribution in [3.8, 4) is 0 Å². The minimum Gasteiger partial charge on any atom is -0.393 e. The molecule has 0 aromatic heterocycles. The molecule has 1 unspecified atom stereocenters. The van der Waals surface area contributed by atoms with Crippen LogP contribution in [0.25, 0.3) is 0 Å². The number of carbonyl (C=O) groups excluding carboxylic acids is 1. The maximum absolute atomic E-state index is 12.0. The van der Waals surface area contributed by atoms with E-state index in [-0.39, 0.29) is 24.2 Å². The molecule has 0 aliphatic heterocycles. The van der Waals surface area contributed by atoms with Crippen LogP contribution in [0.2, 0.25) is 0 Å². The van der Waals surface area contributed by atoms with E-state index < -0.39 is 0 Å². The Morgan fingerprint density at radius 2 is 1.78 bits per heavy atom. The molecule has 2 saturated carbocycles. The van der Waals surface area contributed by atoms with Gasteiger partial charge in [0.2, 0.25) is 5.91 Å². The van der Waals surface area contributed by atoms with E-state index in [2.05, 4.69) is 5.32 Å². The van der Waals surface area contributed by atoms with Crippen molar-refractivity contribution >= 4 is 5.91 Å². The zero-order valence-electron chi connectivity index (χ0n) is 11.2. The molecule has 4 heteroatoms. The summed E-state index contributed by atoms with van der Waals surface area (Å²) in [5.41, 5.74) is 0. The molecular weight excluding hydrogens is 230 g/mol. The normalized spacial score (nSPS) is 31.2. The summed E-state index contributed by atoms with van der Waals surface area (Å²) in [4.78, 5) is 12.0. The second-order valence-electron chi connectivity index (χ2n) is 5.70. The first-order chi connectivity index (χ1) is 8.65. The van der Waals surface area contributed by atoms with Crippen LogP contribution in [0, 0.1) is 0 Å². The van der Waals surface area contributed by atoms with Crippen molar-refractivity contribution in [1.82, 2.24) is 5.32 Å². The number of hydrogen-bond donors (Lipinski definition) is 2. The minimum atomic E-state index is -0.370. The highest BCUT2D eigenvalue weighted by molar-refractivity contribution is 5.80. The molecule has 4 nitrogen and oxygen atoms in total. The lowest BCUT2D eigenvalue weighted by Gasteiger charge is -2.28. The number of rotatable bonds is 4. The van der Waals surface area contributed by atoms with Crippen LogP contribution >= 0.6 is 0 Å². The molecular formula is C14H25NO3. The molecule has 0 spiro atoms. The third kappa shape index (κ3) is 3.95. The van der Waals surface area contributed by atoms with Crippen LogP contribution in [0.5, 0.6) is 0 Å². The van der Waals surface area contributed by atoms with Gasteiger partial charge in [0.05, 0.1) is 12.2 Å². The largest absolute Gasteiger partial charge is 0.393 e. The van der Waals surface area contributed by atoms with Crippen molar-refractivity contribution in [2.75, 3.05) is 0 Å². The first-order valence-electron chi connectivity index (χ1n) is 7.29. The van der Waals surface area contributed by atoms with Gasteiger partial charge in [-0.25, -0.2) is 0 Å². The van der Waals surface area contributed by atoms with Crippen LogP contribution < -0.4 is 5.32 Å². The SMILES string of the molecule is CC(OC1CCC(O)CC1)C(=O)NC1CCCC1. The van der Waals surface area contributed by atoms with Gasteiger partial charge in [0.1, 0.15) is 6.10 Å². The fourth-order valence-electron chi connectivity index (χ4n) is 2.92. The Bertz CT molecular complexity index is 268. The predicted molar refractivity (Wildman–Crippen MR) is 69.2 cm³/mol. The molecule has 2 fully saturated rings. The average Bonchev–Trinajstić information content (AvgIpc) is 2.85. The molecule has 2 N–H and O–H groups in total. The Morgan fingerprint density at radius 3 is 2.39 bits per heavy atom. The van der Waals surface area contributed by atoms with Crippen molar-refractivity contribution in [2.24, 2.45) is 0 Å². The van der Waals surface area contributed by atoms with E-state index in [9.17, 15) is 9.90 Å². The van der Waals surface area contributed by atoms with Crippen LogP contribution in [0.3, 0.4) is 0 Å². The molecule has 2 aliphatic carbocycles. The zero-order valence-corrected chi connectivity index (χ0v) is 11.2. The van der Waals surface area contributed by atoms with Crippen molar-refractivity contribution in [3.05, 3.63) is 0 Å². The maximum Gasteiger partial charge on any atom is 0.249 e. The molecule has 0 aromatic rings. The van der Waals surface area contributed by atoms with E-state index >= 15 is 0 Å². The summed E-state index contributed by atoms with van der Waals surface area (Å²) in [6.07, 6.45) is 7.56.